The van der Waals surface area contributed by atoms with Gasteiger partial charge in [0, 0.05) is 6.54 Å². The summed E-state index contributed by atoms with van der Waals surface area (Å²) in [5.41, 5.74) is 3.51. The molecule has 0 spiro atoms. The van der Waals surface area contributed by atoms with Crippen molar-refractivity contribution in [2.45, 2.75) is 27.3 Å². The lowest BCUT2D eigenvalue weighted by Crippen LogP contribution is -2.05. The first-order valence-electron chi connectivity index (χ1n) is 7.04. The zero-order valence-electron chi connectivity index (χ0n) is 12.4. The Hall–Kier alpha value is -2.54. The molecule has 106 valence electrons. The highest BCUT2D eigenvalue weighted by molar-refractivity contribution is 5.81. The van der Waals surface area contributed by atoms with Crippen LogP contribution in [0.15, 0.2) is 34.9 Å². The Bertz CT molecular complexity index is 833. The van der Waals surface area contributed by atoms with Crippen molar-refractivity contribution in [2.75, 3.05) is 0 Å². The maximum Gasteiger partial charge on any atom is 0.144 e. The number of aryl methyl sites for hydroxylation is 1. The van der Waals surface area contributed by atoms with E-state index in [2.05, 4.69) is 24.5 Å². The first-order chi connectivity index (χ1) is 10.1. The van der Waals surface area contributed by atoms with Gasteiger partial charge < -0.3 is 8.98 Å². The van der Waals surface area contributed by atoms with Crippen molar-refractivity contribution >= 4 is 11.0 Å². The fraction of sp³-hybridized carbons (Fsp3) is 0.294. The van der Waals surface area contributed by atoms with Crippen LogP contribution in [-0.2, 0) is 6.54 Å². The molecule has 3 aromatic rings. The second-order valence-corrected chi connectivity index (χ2v) is 5.70. The van der Waals surface area contributed by atoms with Crippen molar-refractivity contribution in [1.29, 1.82) is 5.26 Å². The number of fused-ring (bicyclic) bond motifs is 1. The Morgan fingerprint density at radius 3 is 2.76 bits per heavy atom. The largest absolute Gasteiger partial charge is 0.469 e. The third kappa shape index (κ3) is 2.43. The maximum atomic E-state index is 9.04. The van der Waals surface area contributed by atoms with E-state index in [9.17, 15) is 0 Å². The SMILES string of the molecule is Cc1cc(-c2nc3cc(C#N)ccc3n2CC(C)C)co1. The second kappa shape index (κ2) is 5.10. The molecule has 4 heteroatoms. The van der Waals surface area contributed by atoms with Crippen LogP contribution >= 0.6 is 0 Å². The summed E-state index contributed by atoms with van der Waals surface area (Å²) in [6.45, 7) is 7.16. The number of aromatic nitrogens is 2. The number of hydrogen-bond acceptors (Lipinski definition) is 3. The molecule has 0 radical (unpaired) electrons. The van der Waals surface area contributed by atoms with Gasteiger partial charge in [-0.1, -0.05) is 13.8 Å². The number of rotatable bonds is 3. The first-order valence-corrected chi connectivity index (χ1v) is 7.04. The fourth-order valence-corrected chi connectivity index (χ4v) is 2.53. The summed E-state index contributed by atoms with van der Waals surface area (Å²) in [5.74, 6) is 2.27. The van der Waals surface area contributed by atoms with Gasteiger partial charge in [0.2, 0.25) is 0 Å². The van der Waals surface area contributed by atoms with Crippen LogP contribution in [0.5, 0.6) is 0 Å². The second-order valence-electron chi connectivity index (χ2n) is 5.70. The van der Waals surface area contributed by atoms with Crippen LogP contribution in [-0.4, -0.2) is 9.55 Å². The van der Waals surface area contributed by atoms with Gasteiger partial charge in [0.25, 0.3) is 0 Å². The fourth-order valence-electron chi connectivity index (χ4n) is 2.53. The number of hydrogen-bond donors (Lipinski definition) is 0. The molecule has 0 bridgehead atoms. The normalized spacial score (nSPS) is 11.2. The van der Waals surface area contributed by atoms with Crippen LogP contribution in [0.2, 0.25) is 0 Å². The zero-order valence-corrected chi connectivity index (χ0v) is 12.4. The van der Waals surface area contributed by atoms with Gasteiger partial charge in [-0.15, -0.1) is 0 Å². The standard InChI is InChI=1S/C17H17N3O/c1-11(2)9-20-16-5-4-13(8-18)7-15(16)19-17(20)14-6-12(3)21-10-14/h4-7,10-11H,9H2,1-3H3. The Morgan fingerprint density at radius 2 is 2.14 bits per heavy atom. The monoisotopic (exact) mass is 279 g/mol. The van der Waals surface area contributed by atoms with Crippen molar-refractivity contribution in [3.8, 4) is 17.5 Å². The van der Waals surface area contributed by atoms with E-state index in [0.717, 1.165) is 34.7 Å². The molecule has 0 unspecified atom stereocenters. The lowest BCUT2D eigenvalue weighted by atomic mass is 10.2. The first kappa shape index (κ1) is 13.4. The molecule has 0 N–H and O–H groups in total. The average molecular weight is 279 g/mol. The summed E-state index contributed by atoms with van der Waals surface area (Å²) in [4.78, 5) is 4.71. The van der Waals surface area contributed by atoms with Crippen LogP contribution in [0.3, 0.4) is 0 Å². The number of nitriles is 1. The molecular weight excluding hydrogens is 262 g/mol. The molecular formula is C17H17N3O. The molecule has 0 fully saturated rings. The van der Waals surface area contributed by atoms with Gasteiger partial charge in [0.1, 0.15) is 17.8 Å². The van der Waals surface area contributed by atoms with E-state index < -0.39 is 0 Å². The smallest absolute Gasteiger partial charge is 0.144 e. The van der Waals surface area contributed by atoms with Crippen LogP contribution in [0.4, 0.5) is 0 Å². The third-order valence-electron chi connectivity index (χ3n) is 3.41. The summed E-state index contributed by atoms with van der Waals surface area (Å²) in [5, 5.41) is 9.04. The molecule has 3 rings (SSSR count). The molecule has 1 aromatic carbocycles. The molecule has 0 atom stereocenters. The van der Waals surface area contributed by atoms with Gasteiger partial charge >= 0.3 is 0 Å². The van der Waals surface area contributed by atoms with E-state index in [4.69, 9.17) is 14.7 Å². The third-order valence-corrected chi connectivity index (χ3v) is 3.41. The summed E-state index contributed by atoms with van der Waals surface area (Å²) in [6, 6.07) is 9.80. The van der Waals surface area contributed by atoms with E-state index in [1.54, 1.807) is 6.26 Å². The molecule has 0 amide bonds. The molecule has 0 aliphatic carbocycles. The molecule has 0 aliphatic rings. The van der Waals surface area contributed by atoms with Gasteiger partial charge in [-0.2, -0.15) is 5.26 Å². The van der Waals surface area contributed by atoms with Gasteiger partial charge in [0.15, 0.2) is 0 Å². The van der Waals surface area contributed by atoms with Crippen LogP contribution < -0.4 is 0 Å². The Balaban J connectivity index is 2.24. The van der Waals surface area contributed by atoms with E-state index in [1.165, 1.54) is 0 Å². The number of benzene rings is 1. The summed E-state index contributed by atoms with van der Waals surface area (Å²) < 4.78 is 7.61. The molecule has 4 nitrogen and oxygen atoms in total. The lowest BCUT2D eigenvalue weighted by Gasteiger charge is -2.10. The van der Waals surface area contributed by atoms with Gasteiger partial charge in [-0.3, -0.25) is 0 Å². The van der Waals surface area contributed by atoms with E-state index >= 15 is 0 Å². The van der Waals surface area contributed by atoms with E-state index in [-0.39, 0.29) is 0 Å². The molecule has 0 aliphatic heterocycles. The molecule has 0 saturated carbocycles. The topological polar surface area (TPSA) is 54.8 Å². The highest BCUT2D eigenvalue weighted by Crippen LogP contribution is 2.27. The Kier molecular flexibility index (Phi) is 3.26. The number of furan rings is 1. The lowest BCUT2D eigenvalue weighted by molar-refractivity contribution is 0.529. The zero-order chi connectivity index (χ0) is 15.0. The molecule has 0 saturated heterocycles. The van der Waals surface area contributed by atoms with Gasteiger partial charge in [-0.05, 0) is 37.1 Å². The van der Waals surface area contributed by atoms with E-state index in [1.807, 2.05) is 31.2 Å². The van der Waals surface area contributed by atoms with Gasteiger partial charge in [-0.25, -0.2) is 4.98 Å². The number of nitrogens with zero attached hydrogens (tertiary/aromatic N) is 3. The Morgan fingerprint density at radius 1 is 1.33 bits per heavy atom. The van der Waals surface area contributed by atoms with Crippen molar-refractivity contribution in [3.63, 3.8) is 0 Å². The molecule has 2 heterocycles. The quantitative estimate of drug-likeness (QED) is 0.724. The maximum absolute atomic E-state index is 9.04. The minimum atomic E-state index is 0.504. The van der Waals surface area contributed by atoms with Crippen molar-refractivity contribution in [2.24, 2.45) is 5.92 Å². The predicted molar refractivity (Wildman–Crippen MR) is 81.7 cm³/mol. The highest BCUT2D eigenvalue weighted by Gasteiger charge is 2.15. The van der Waals surface area contributed by atoms with Crippen molar-refractivity contribution in [1.82, 2.24) is 9.55 Å². The minimum absolute atomic E-state index is 0.504. The summed E-state index contributed by atoms with van der Waals surface area (Å²) in [7, 11) is 0. The summed E-state index contributed by atoms with van der Waals surface area (Å²) >= 11 is 0. The summed E-state index contributed by atoms with van der Waals surface area (Å²) in [6.07, 6.45) is 1.73. The Labute approximate surface area is 123 Å². The van der Waals surface area contributed by atoms with E-state index in [0.29, 0.717) is 11.5 Å². The minimum Gasteiger partial charge on any atom is -0.469 e. The van der Waals surface area contributed by atoms with Gasteiger partial charge in [0.05, 0.1) is 28.2 Å². The molecule has 21 heavy (non-hydrogen) atoms. The van der Waals surface area contributed by atoms with Crippen molar-refractivity contribution in [3.05, 3.63) is 41.9 Å². The highest BCUT2D eigenvalue weighted by atomic mass is 16.3. The van der Waals surface area contributed by atoms with Crippen LogP contribution in [0, 0.1) is 24.2 Å². The number of imidazole rings is 1. The van der Waals surface area contributed by atoms with Crippen LogP contribution in [0.1, 0.15) is 25.2 Å². The predicted octanol–water partition coefficient (Wildman–Crippen LogP) is 4.13. The molecule has 2 aromatic heterocycles. The van der Waals surface area contributed by atoms with Crippen LogP contribution in [0.25, 0.3) is 22.4 Å². The average Bonchev–Trinajstić information content (AvgIpc) is 3.02. The van der Waals surface area contributed by atoms with Crippen molar-refractivity contribution < 1.29 is 4.42 Å².